The number of para-hydroxylation sites is 1. The molecule has 2 atom stereocenters. The van der Waals surface area contributed by atoms with Crippen LogP contribution in [0.2, 0.25) is 0 Å². The molecule has 0 unspecified atom stereocenters. The SMILES string of the molecule is COCCNC(=O)[C@H]1C[C@]2(CO1)CN(Cc1ccccc1)c1ccccc12. The maximum atomic E-state index is 12.4. The van der Waals surface area contributed by atoms with E-state index in [9.17, 15) is 4.79 Å². The Labute approximate surface area is 160 Å². The summed E-state index contributed by atoms with van der Waals surface area (Å²) in [6.45, 7) is 3.35. The normalized spacial score (nSPS) is 23.6. The molecule has 1 amide bonds. The van der Waals surface area contributed by atoms with Crippen molar-refractivity contribution in [2.75, 3.05) is 38.3 Å². The van der Waals surface area contributed by atoms with Gasteiger partial charge in [0.05, 0.1) is 13.2 Å². The molecule has 142 valence electrons. The number of fused-ring (bicyclic) bond motifs is 2. The molecule has 5 heteroatoms. The summed E-state index contributed by atoms with van der Waals surface area (Å²) >= 11 is 0. The van der Waals surface area contributed by atoms with Gasteiger partial charge in [0.25, 0.3) is 0 Å². The number of benzene rings is 2. The lowest BCUT2D eigenvalue weighted by molar-refractivity contribution is -0.130. The minimum atomic E-state index is -0.397. The topological polar surface area (TPSA) is 50.8 Å². The van der Waals surface area contributed by atoms with Crippen molar-refractivity contribution >= 4 is 11.6 Å². The van der Waals surface area contributed by atoms with Crippen LogP contribution in [0.5, 0.6) is 0 Å². The van der Waals surface area contributed by atoms with E-state index in [1.54, 1.807) is 7.11 Å². The molecule has 2 aliphatic heterocycles. The first kappa shape index (κ1) is 18.0. The van der Waals surface area contributed by atoms with Crippen molar-refractivity contribution in [3.8, 4) is 0 Å². The van der Waals surface area contributed by atoms with Crippen LogP contribution in [0.3, 0.4) is 0 Å². The predicted octanol–water partition coefficient (Wildman–Crippen LogP) is 2.50. The molecule has 0 bridgehead atoms. The summed E-state index contributed by atoms with van der Waals surface area (Å²) in [5, 5.41) is 2.90. The number of carbonyl (C=O) groups excluding carboxylic acids is 1. The van der Waals surface area contributed by atoms with Gasteiger partial charge in [-0.15, -0.1) is 0 Å². The van der Waals surface area contributed by atoms with E-state index in [0.717, 1.165) is 13.1 Å². The van der Waals surface area contributed by atoms with Gasteiger partial charge in [-0.3, -0.25) is 4.79 Å². The number of rotatable bonds is 6. The van der Waals surface area contributed by atoms with Crippen LogP contribution in [-0.4, -0.2) is 45.4 Å². The third-order valence-electron chi connectivity index (χ3n) is 5.56. The highest BCUT2D eigenvalue weighted by Crippen LogP contribution is 2.47. The van der Waals surface area contributed by atoms with Gasteiger partial charge >= 0.3 is 0 Å². The van der Waals surface area contributed by atoms with Crippen molar-refractivity contribution in [2.45, 2.75) is 24.5 Å². The van der Waals surface area contributed by atoms with Gasteiger partial charge in [-0.05, 0) is 23.6 Å². The predicted molar refractivity (Wildman–Crippen MR) is 105 cm³/mol. The van der Waals surface area contributed by atoms with Gasteiger partial charge in [-0.1, -0.05) is 48.5 Å². The third kappa shape index (κ3) is 3.57. The van der Waals surface area contributed by atoms with Crippen molar-refractivity contribution < 1.29 is 14.3 Å². The Balaban J connectivity index is 1.51. The van der Waals surface area contributed by atoms with Crippen molar-refractivity contribution in [1.29, 1.82) is 0 Å². The second kappa shape index (κ2) is 7.71. The average Bonchev–Trinajstić information content (AvgIpc) is 3.26. The molecule has 4 rings (SSSR count). The molecule has 0 aromatic heterocycles. The summed E-state index contributed by atoms with van der Waals surface area (Å²) in [5.74, 6) is -0.0390. The van der Waals surface area contributed by atoms with Gasteiger partial charge in [0.2, 0.25) is 5.91 Å². The molecule has 2 aromatic carbocycles. The van der Waals surface area contributed by atoms with Crippen LogP contribution in [-0.2, 0) is 26.2 Å². The summed E-state index contributed by atoms with van der Waals surface area (Å²) in [5.41, 5.74) is 3.73. The highest BCUT2D eigenvalue weighted by Gasteiger charge is 2.50. The summed E-state index contributed by atoms with van der Waals surface area (Å²) in [6, 6.07) is 19.0. The van der Waals surface area contributed by atoms with Crippen LogP contribution in [0.25, 0.3) is 0 Å². The largest absolute Gasteiger partial charge is 0.383 e. The fraction of sp³-hybridized carbons (Fsp3) is 0.409. The second-order valence-corrected chi connectivity index (χ2v) is 7.43. The maximum Gasteiger partial charge on any atom is 0.249 e. The lowest BCUT2D eigenvalue weighted by Gasteiger charge is -2.24. The Kier molecular flexibility index (Phi) is 5.14. The number of carbonyl (C=O) groups is 1. The van der Waals surface area contributed by atoms with Gasteiger partial charge in [0.15, 0.2) is 0 Å². The van der Waals surface area contributed by atoms with Crippen molar-refractivity contribution in [2.24, 2.45) is 0 Å². The van der Waals surface area contributed by atoms with Crippen LogP contribution < -0.4 is 10.2 Å². The van der Waals surface area contributed by atoms with Gasteiger partial charge in [-0.2, -0.15) is 0 Å². The van der Waals surface area contributed by atoms with Crippen molar-refractivity contribution in [3.63, 3.8) is 0 Å². The summed E-state index contributed by atoms with van der Waals surface area (Å²) in [4.78, 5) is 14.9. The molecular formula is C22H26N2O3. The zero-order valence-corrected chi connectivity index (χ0v) is 15.7. The summed E-state index contributed by atoms with van der Waals surface area (Å²) in [6.07, 6.45) is 0.320. The molecular weight excluding hydrogens is 340 g/mol. The zero-order valence-electron chi connectivity index (χ0n) is 15.7. The van der Waals surface area contributed by atoms with Crippen molar-refractivity contribution in [1.82, 2.24) is 5.32 Å². The fourth-order valence-electron chi connectivity index (χ4n) is 4.27. The van der Waals surface area contributed by atoms with Crippen LogP contribution >= 0.6 is 0 Å². The lowest BCUT2D eigenvalue weighted by atomic mass is 9.80. The molecule has 0 radical (unpaired) electrons. The molecule has 5 nitrogen and oxygen atoms in total. The number of ether oxygens (including phenoxy) is 2. The Morgan fingerprint density at radius 2 is 2.00 bits per heavy atom. The lowest BCUT2D eigenvalue weighted by Crippen LogP contribution is -2.38. The number of amides is 1. The summed E-state index contributed by atoms with van der Waals surface area (Å²) in [7, 11) is 1.63. The average molecular weight is 366 g/mol. The smallest absolute Gasteiger partial charge is 0.249 e. The number of nitrogens with zero attached hydrogens (tertiary/aromatic N) is 1. The van der Waals surface area contributed by atoms with Gasteiger partial charge < -0.3 is 19.7 Å². The minimum absolute atomic E-state index is 0.0390. The Morgan fingerprint density at radius 1 is 1.22 bits per heavy atom. The van der Waals surface area contributed by atoms with E-state index >= 15 is 0 Å². The van der Waals surface area contributed by atoms with Crippen LogP contribution in [0.1, 0.15) is 17.5 Å². The quantitative estimate of drug-likeness (QED) is 0.798. The molecule has 2 aromatic rings. The monoisotopic (exact) mass is 366 g/mol. The number of hydrogen-bond acceptors (Lipinski definition) is 4. The Bertz CT molecular complexity index is 795. The van der Waals surface area contributed by atoms with E-state index < -0.39 is 6.10 Å². The van der Waals surface area contributed by atoms with Crippen LogP contribution in [0.4, 0.5) is 5.69 Å². The highest BCUT2D eigenvalue weighted by atomic mass is 16.5. The first-order valence-corrected chi connectivity index (χ1v) is 9.48. The molecule has 0 saturated carbocycles. The van der Waals surface area contributed by atoms with E-state index in [-0.39, 0.29) is 11.3 Å². The molecule has 1 spiro atoms. The van der Waals surface area contributed by atoms with Gasteiger partial charge in [0, 0.05) is 37.8 Å². The molecule has 27 heavy (non-hydrogen) atoms. The molecule has 1 N–H and O–H groups in total. The first-order chi connectivity index (χ1) is 13.2. The molecule has 0 aliphatic carbocycles. The molecule has 1 fully saturated rings. The minimum Gasteiger partial charge on any atom is -0.383 e. The van der Waals surface area contributed by atoms with Crippen molar-refractivity contribution in [3.05, 3.63) is 65.7 Å². The van der Waals surface area contributed by atoms with E-state index in [4.69, 9.17) is 9.47 Å². The van der Waals surface area contributed by atoms with Gasteiger partial charge in [-0.25, -0.2) is 0 Å². The van der Waals surface area contributed by atoms with Crippen LogP contribution in [0.15, 0.2) is 54.6 Å². The fourth-order valence-corrected chi connectivity index (χ4v) is 4.27. The first-order valence-electron chi connectivity index (χ1n) is 9.48. The maximum absolute atomic E-state index is 12.4. The van der Waals surface area contributed by atoms with E-state index in [1.165, 1.54) is 16.8 Å². The molecule has 2 aliphatic rings. The van der Waals surface area contributed by atoms with Gasteiger partial charge in [0.1, 0.15) is 6.10 Å². The number of anilines is 1. The van der Waals surface area contributed by atoms with E-state index in [1.807, 2.05) is 6.07 Å². The molecule has 2 heterocycles. The zero-order chi connectivity index (χ0) is 18.7. The number of nitrogens with one attached hydrogen (secondary N) is 1. The Hall–Kier alpha value is -2.37. The summed E-state index contributed by atoms with van der Waals surface area (Å²) < 4.78 is 11.0. The Morgan fingerprint density at radius 3 is 2.81 bits per heavy atom. The number of hydrogen-bond donors (Lipinski definition) is 1. The van der Waals surface area contributed by atoms with E-state index in [0.29, 0.717) is 26.2 Å². The van der Waals surface area contributed by atoms with E-state index in [2.05, 4.69) is 58.7 Å². The number of methoxy groups -OCH3 is 1. The molecule has 1 saturated heterocycles. The highest BCUT2D eigenvalue weighted by molar-refractivity contribution is 5.81. The van der Waals surface area contributed by atoms with Crippen LogP contribution in [0, 0.1) is 0 Å². The third-order valence-corrected chi connectivity index (χ3v) is 5.56. The second-order valence-electron chi connectivity index (χ2n) is 7.43. The standard InChI is InChI=1S/C22H26N2O3/c1-26-12-11-23-21(25)20-13-22(16-27-20)15-24(14-17-7-3-2-4-8-17)19-10-6-5-9-18(19)22/h2-10,20H,11-16H2,1H3,(H,23,25)/t20-,22-/m1/s1.